The minimum atomic E-state index is -1.09. The van der Waals surface area contributed by atoms with E-state index in [-0.39, 0.29) is 11.2 Å². The third-order valence-electron chi connectivity index (χ3n) is 2.64. The summed E-state index contributed by atoms with van der Waals surface area (Å²) < 4.78 is 1.98. The summed E-state index contributed by atoms with van der Waals surface area (Å²) in [6, 6.07) is 0. The molecule has 0 atom stereocenters. The van der Waals surface area contributed by atoms with Crippen LogP contribution in [0.25, 0.3) is 0 Å². The molecule has 0 aromatic carbocycles. The first-order valence-corrected chi connectivity index (χ1v) is 7.21. The zero-order valence-corrected chi connectivity index (χ0v) is 13.0. The van der Waals surface area contributed by atoms with Crippen LogP contribution in [-0.4, -0.2) is 47.1 Å². The Labute approximate surface area is 118 Å². The van der Waals surface area contributed by atoms with Gasteiger partial charge in [0, 0.05) is 17.7 Å². The molecule has 0 saturated heterocycles. The van der Waals surface area contributed by atoms with Gasteiger partial charge in [0.15, 0.2) is 5.16 Å². The van der Waals surface area contributed by atoms with Gasteiger partial charge in [0.05, 0.1) is 26.6 Å². The zero-order chi connectivity index (χ0) is 14.6. The Morgan fingerprint density at radius 3 is 2.58 bits per heavy atom. The SMILES string of the molecule is Cc1nnc(SCC(=O)[O-])n1CC(C)(C)C[NH+](C)C. The number of aryl methyl sites for hydroxylation is 1. The quantitative estimate of drug-likeness (QED) is 0.624. The van der Waals surface area contributed by atoms with Gasteiger partial charge in [-0.05, 0) is 6.92 Å². The fourth-order valence-electron chi connectivity index (χ4n) is 2.21. The van der Waals surface area contributed by atoms with Crippen LogP contribution in [0.15, 0.2) is 5.16 Å². The summed E-state index contributed by atoms with van der Waals surface area (Å²) in [4.78, 5) is 11.9. The first-order valence-electron chi connectivity index (χ1n) is 6.23. The Balaban J connectivity index is 2.81. The molecule has 0 aliphatic heterocycles. The minimum Gasteiger partial charge on any atom is -0.549 e. The van der Waals surface area contributed by atoms with Crippen molar-refractivity contribution in [2.75, 3.05) is 26.4 Å². The average Bonchev–Trinajstić information content (AvgIpc) is 2.55. The molecule has 1 N–H and O–H groups in total. The number of hydrogen-bond donors (Lipinski definition) is 1. The summed E-state index contributed by atoms with van der Waals surface area (Å²) in [5, 5.41) is 19.2. The lowest BCUT2D eigenvalue weighted by Gasteiger charge is -2.27. The largest absolute Gasteiger partial charge is 0.549 e. The molecule has 1 rings (SSSR count). The third kappa shape index (κ3) is 5.20. The number of carboxylic acid groups (broad SMARTS) is 1. The van der Waals surface area contributed by atoms with Crippen molar-refractivity contribution in [3.63, 3.8) is 0 Å². The lowest BCUT2D eigenvalue weighted by molar-refractivity contribution is -0.865. The number of aliphatic carboxylic acids is 1. The molecular weight excluding hydrogens is 264 g/mol. The standard InChI is InChI=1S/C12H22N4O2S/c1-9-13-14-11(19-6-10(17)18)16(9)8-12(2,3)7-15(4)5/h6-8H2,1-5H3,(H,17,18). The molecule has 6 nitrogen and oxygen atoms in total. The van der Waals surface area contributed by atoms with Gasteiger partial charge >= 0.3 is 0 Å². The molecule has 108 valence electrons. The number of carboxylic acids is 1. The van der Waals surface area contributed by atoms with Crippen LogP contribution in [0, 0.1) is 12.3 Å². The highest BCUT2D eigenvalue weighted by atomic mass is 32.2. The van der Waals surface area contributed by atoms with Gasteiger partial charge in [-0.3, -0.25) is 0 Å². The predicted molar refractivity (Wildman–Crippen MR) is 71.9 cm³/mol. The summed E-state index contributed by atoms with van der Waals surface area (Å²) in [5.74, 6) is -0.380. The number of carbonyl (C=O) groups excluding carboxylic acids is 1. The van der Waals surface area contributed by atoms with E-state index in [1.54, 1.807) is 0 Å². The molecule has 1 aromatic heterocycles. The van der Waals surface area contributed by atoms with Crippen LogP contribution in [0.2, 0.25) is 0 Å². The number of nitrogens with one attached hydrogen (secondary N) is 1. The molecule has 0 saturated carbocycles. The van der Waals surface area contributed by atoms with Crippen LogP contribution in [-0.2, 0) is 11.3 Å². The van der Waals surface area contributed by atoms with Crippen molar-refractivity contribution in [1.29, 1.82) is 0 Å². The second kappa shape index (κ2) is 6.38. The fraction of sp³-hybridized carbons (Fsp3) is 0.750. The van der Waals surface area contributed by atoms with E-state index in [0.717, 1.165) is 30.7 Å². The molecule has 0 bridgehead atoms. The second-order valence-corrected chi connectivity index (χ2v) is 6.77. The lowest BCUT2D eigenvalue weighted by Crippen LogP contribution is -3.07. The van der Waals surface area contributed by atoms with Gasteiger partial charge in [0.2, 0.25) is 0 Å². The Hall–Kier alpha value is -1.08. The summed E-state index contributed by atoms with van der Waals surface area (Å²) in [7, 11) is 4.24. The topological polar surface area (TPSA) is 75.3 Å². The Kier molecular flexibility index (Phi) is 5.37. The molecule has 0 radical (unpaired) electrons. The number of nitrogens with zero attached hydrogens (tertiary/aromatic N) is 3. The number of quaternary nitrogens is 1. The molecule has 1 aromatic rings. The summed E-state index contributed by atoms with van der Waals surface area (Å²) in [5.41, 5.74) is 0.0861. The van der Waals surface area contributed by atoms with Gasteiger partial charge < -0.3 is 19.4 Å². The van der Waals surface area contributed by atoms with Crippen molar-refractivity contribution in [2.24, 2.45) is 5.41 Å². The maximum atomic E-state index is 10.5. The maximum Gasteiger partial charge on any atom is 0.191 e. The van der Waals surface area contributed by atoms with E-state index in [1.807, 2.05) is 11.5 Å². The van der Waals surface area contributed by atoms with Crippen molar-refractivity contribution in [3.8, 4) is 0 Å². The van der Waals surface area contributed by atoms with Crippen LogP contribution in [0.3, 0.4) is 0 Å². The van der Waals surface area contributed by atoms with Crippen LogP contribution < -0.4 is 10.0 Å². The number of thioether (sulfide) groups is 1. The molecule has 0 spiro atoms. The van der Waals surface area contributed by atoms with Crippen molar-refractivity contribution >= 4 is 17.7 Å². The van der Waals surface area contributed by atoms with E-state index in [0.29, 0.717) is 5.16 Å². The average molecular weight is 286 g/mol. The van der Waals surface area contributed by atoms with Gasteiger partial charge in [-0.15, -0.1) is 10.2 Å². The number of hydrogen-bond acceptors (Lipinski definition) is 5. The maximum absolute atomic E-state index is 10.5. The van der Waals surface area contributed by atoms with Crippen molar-refractivity contribution in [1.82, 2.24) is 14.8 Å². The smallest absolute Gasteiger partial charge is 0.191 e. The zero-order valence-electron chi connectivity index (χ0n) is 12.2. The summed E-state index contributed by atoms with van der Waals surface area (Å²) >= 11 is 1.16. The van der Waals surface area contributed by atoms with Gasteiger partial charge in [-0.25, -0.2) is 0 Å². The van der Waals surface area contributed by atoms with E-state index in [4.69, 9.17) is 0 Å². The molecule has 7 heteroatoms. The number of rotatable bonds is 7. The van der Waals surface area contributed by atoms with Crippen LogP contribution in [0.4, 0.5) is 0 Å². The predicted octanol–water partition coefficient (Wildman–Crippen LogP) is -1.40. The Morgan fingerprint density at radius 2 is 2.05 bits per heavy atom. The first-order chi connectivity index (χ1) is 8.71. The number of aromatic nitrogens is 3. The van der Waals surface area contributed by atoms with Crippen molar-refractivity contribution in [2.45, 2.75) is 32.5 Å². The molecule has 19 heavy (non-hydrogen) atoms. The van der Waals surface area contributed by atoms with Crippen molar-refractivity contribution in [3.05, 3.63) is 5.82 Å². The molecule has 0 unspecified atom stereocenters. The molecule has 0 aliphatic rings. The van der Waals surface area contributed by atoms with Gasteiger partial charge in [-0.2, -0.15) is 0 Å². The molecule has 1 heterocycles. The normalized spacial score (nSPS) is 12.1. The highest BCUT2D eigenvalue weighted by molar-refractivity contribution is 7.99. The van der Waals surface area contributed by atoms with Crippen LogP contribution >= 0.6 is 11.8 Å². The Morgan fingerprint density at radius 1 is 1.42 bits per heavy atom. The van der Waals surface area contributed by atoms with Crippen LogP contribution in [0.5, 0.6) is 0 Å². The van der Waals surface area contributed by atoms with E-state index in [9.17, 15) is 9.90 Å². The van der Waals surface area contributed by atoms with E-state index in [2.05, 4.69) is 38.1 Å². The van der Waals surface area contributed by atoms with Crippen molar-refractivity contribution < 1.29 is 14.8 Å². The molecule has 0 fully saturated rings. The van der Waals surface area contributed by atoms with E-state index >= 15 is 0 Å². The molecular formula is C12H22N4O2S. The van der Waals surface area contributed by atoms with E-state index < -0.39 is 5.97 Å². The lowest BCUT2D eigenvalue weighted by atomic mass is 9.93. The van der Waals surface area contributed by atoms with E-state index in [1.165, 1.54) is 4.90 Å². The highest BCUT2D eigenvalue weighted by Crippen LogP contribution is 2.22. The monoisotopic (exact) mass is 286 g/mol. The fourth-order valence-corrected chi connectivity index (χ4v) is 2.91. The van der Waals surface area contributed by atoms with Gasteiger partial charge in [0.25, 0.3) is 0 Å². The van der Waals surface area contributed by atoms with Gasteiger partial charge in [-0.1, -0.05) is 25.6 Å². The third-order valence-corrected chi connectivity index (χ3v) is 3.58. The first kappa shape index (κ1) is 16.0. The minimum absolute atomic E-state index is 0.0861. The second-order valence-electron chi connectivity index (χ2n) is 5.82. The Bertz CT molecular complexity index is 443. The number of carbonyl (C=O) groups is 1. The summed E-state index contributed by atoms with van der Waals surface area (Å²) in [6.07, 6.45) is 0. The highest BCUT2D eigenvalue weighted by Gasteiger charge is 2.25. The van der Waals surface area contributed by atoms with Crippen LogP contribution in [0.1, 0.15) is 19.7 Å². The summed E-state index contributed by atoms with van der Waals surface area (Å²) in [6.45, 7) is 8.04. The molecule has 0 amide bonds. The molecule has 0 aliphatic carbocycles. The van der Waals surface area contributed by atoms with Gasteiger partial charge in [0.1, 0.15) is 5.82 Å².